The maximum absolute atomic E-state index is 5.73. The maximum Gasteiger partial charge on any atom is 0.129 e. The first-order valence-electron chi connectivity index (χ1n) is 4.61. The van der Waals surface area contributed by atoms with Gasteiger partial charge in [0.2, 0.25) is 0 Å². The maximum atomic E-state index is 5.73. The molecule has 0 unspecified atom stereocenters. The van der Waals surface area contributed by atoms with Gasteiger partial charge in [0.1, 0.15) is 5.84 Å². The fourth-order valence-electron chi connectivity index (χ4n) is 1.44. The topological polar surface area (TPSA) is 50.4 Å². The highest BCUT2D eigenvalue weighted by Gasteiger charge is 2.10. The third kappa shape index (κ3) is 1.90. The Morgan fingerprint density at radius 2 is 2.29 bits per heavy atom. The molecule has 4 heteroatoms. The molecule has 0 radical (unpaired) electrons. The molecule has 2 rings (SSSR count). The number of anilines is 1. The minimum Gasteiger partial charge on any atom is -0.399 e. The number of nitrogens with zero attached hydrogens (tertiary/aromatic N) is 1. The van der Waals surface area contributed by atoms with Crippen molar-refractivity contribution in [1.82, 2.24) is 5.32 Å². The standard InChI is InChI=1S/C10H12BrN3/c11-9-3-2-7(12)6-8(9)10-13-4-1-5-14-10/h2-3,6H,1,4-5,12H2,(H,13,14). The molecule has 74 valence electrons. The molecule has 1 aliphatic heterocycles. The Morgan fingerprint density at radius 1 is 1.43 bits per heavy atom. The van der Waals surface area contributed by atoms with Gasteiger partial charge in [-0.15, -0.1) is 0 Å². The molecular weight excluding hydrogens is 242 g/mol. The summed E-state index contributed by atoms with van der Waals surface area (Å²) >= 11 is 3.49. The molecule has 14 heavy (non-hydrogen) atoms. The van der Waals surface area contributed by atoms with E-state index in [4.69, 9.17) is 5.73 Å². The van der Waals surface area contributed by atoms with Gasteiger partial charge in [-0.05, 0) is 24.6 Å². The Balaban J connectivity index is 2.39. The third-order valence-corrected chi connectivity index (χ3v) is 2.83. The van der Waals surface area contributed by atoms with E-state index in [9.17, 15) is 0 Å². The van der Waals surface area contributed by atoms with Crippen LogP contribution in [0.1, 0.15) is 12.0 Å². The van der Waals surface area contributed by atoms with Crippen LogP contribution in [0.3, 0.4) is 0 Å². The molecule has 1 heterocycles. The lowest BCUT2D eigenvalue weighted by Gasteiger charge is -2.16. The molecule has 0 saturated carbocycles. The van der Waals surface area contributed by atoms with Crippen molar-refractivity contribution < 1.29 is 0 Å². The Bertz CT molecular complexity index is 374. The fraction of sp³-hybridized carbons (Fsp3) is 0.300. The summed E-state index contributed by atoms with van der Waals surface area (Å²) in [5, 5.41) is 3.27. The predicted octanol–water partition coefficient (Wildman–Crippen LogP) is 1.77. The number of nitrogens with two attached hydrogens (primary N) is 1. The van der Waals surface area contributed by atoms with Crippen molar-refractivity contribution in [2.75, 3.05) is 18.8 Å². The van der Waals surface area contributed by atoms with E-state index in [0.717, 1.165) is 41.1 Å². The van der Waals surface area contributed by atoms with Crippen molar-refractivity contribution in [3.63, 3.8) is 0 Å². The number of nitrogen functional groups attached to an aromatic ring is 1. The van der Waals surface area contributed by atoms with Crippen LogP contribution in [-0.2, 0) is 0 Å². The molecule has 0 bridgehead atoms. The molecule has 0 spiro atoms. The minimum atomic E-state index is 0.762. The highest BCUT2D eigenvalue weighted by Crippen LogP contribution is 2.20. The Kier molecular flexibility index (Phi) is 2.72. The van der Waals surface area contributed by atoms with Crippen molar-refractivity contribution in [1.29, 1.82) is 0 Å². The summed E-state index contributed by atoms with van der Waals surface area (Å²) in [7, 11) is 0. The fourth-order valence-corrected chi connectivity index (χ4v) is 1.87. The van der Waals surface area contributed by atoms with Crippen LogP contribution in [-0.4, -0.2) is 18.9 Å². The summed E-state index contributed by atoms with van der Waals surface area (Å²) in [6, 6.07) is 5.75. The van der Waals surface area contributed by atoms with Gasteiger partial charge in [0.15, 0.2) is 0 Å². The molecule has 0 aliphatic carbocycles. The largest absolute Gasteiger partial charge is 0.399 e. The first-order chi connectivity index (χ1) is 6.77. The zero-order valence-electron chi connectivity index (χ0n) is 7.76. The SMILES string of the molecule is Nc1ccc(Br)c(C2=NCCCN2)c1. The summed E-state index contributed by atoms with van der Waals surface area (Å²) in [5.74, 6) is 0.940. The second kappa shape index (κ2) is 4.00. The van der Waals surface area contributed by atoms with E-state index in [1.165, 1.54) is 0 Å². The van der Waals surface area contributed by atoms with Gasteiger partial charge in [-0.2, -0.15) is 0 Å². The highest BCUT2D eigenvalue weighted by molar-refractivity contribution is 9.10. The molecule has 0 aromatic heterocycles. The first kappa shape index (κ1) is 9.52. The van der Waals surface area contributed by atoms with Crippen LogP contribution in [0.5, 0.6) is 0 Å². The number of rotatable bonds is 1. The normalized spacial score (nSPS) is 15.9. The number of aliphatic imine (C=N–C) groups is 1. The zero-order valence-corrected chi connectivity index (χ0v) is 9.34. The van der Waals surface area contributed by atoms with E-state index >= 15 is 0 Å². The third-order valence-electron chi connectivity index (χ3n) is 2.14. The average Bonchev–Trinajstić information content (AvgIpc) is 2.23. The van der Waals surface area contributed by atoms with Gasteiger partial charge in [-0.3, -0.25) is 4.99 Å². The molecule has 0 amide bonds. The average molecular weight is 254 g/mol. The zero-order chi connectivity index (χ0) is 9.97. The van der Waals surface area contributed by atoms with E-state index in [1.807, 2.05) is 18.2 Å². The van der Waals surface area contributed by atoms with Crippen molar-refractivity contribution in [3.8, 4) is 0 Å². The van der Waals surface area contributed by atoms with Gasteiger partial charge in [0, 0.05) is 28.8 Å². The quantitative estimate of drug-likeness (QED) is 0.750. The van der Waals surface area contributed by atoms with Gasteiger partial charge in [0.05, 0.1) is 0 Å². The van der Waals surface area contributed by atoms with Crippen LogP contribution in [0.25, 0.3) is 0 Å². The summed E-state index contributed by atoms with van der Waals surface area (Å²) < 4.78 is 1.03. The Morgan fingerprint density at radius 3 is 3.00 bits per heavy atom. The lowest BCUT2D eigenvalue weighted by atomic mass is 10.1. The summed E-state index contributed by atoms with van der Waals surface area (Å²) in [6.07, 6.45) is 1.10. The molecule has 0 fully saturated rings. The number of halogens is 1. The second-order valence-electron chi connectivity index (χ2n) is 3.25. The van der Waals surface area contributed by atoms with Gasteiger partial charge in [-0.25, -0.2) is 0 Å². The summed E-state index contributed by atoms with van der Waals surface area (Å²) in [5.41, 5.74) is 7.54. The number of nitrogens with one attached hydrogen (secondary N) is 1. The van der Waals surface area contributed by atoms with Gasteiger partial charge in [-0.1, -0.05) is 15.9 Å². The summed E-state index contributed by atoms with van der Waals surface area (Å²) in [4.78, 5) is 4.42. The van der Waals surface area contributed by atoms with Crippen LogP contribution in [0.15, 0.2) is 27.7 Å². The van der Waals surface area contributed by atoms with Gasteiger partial charge < -0.3 is 11.1 Å². The van der Waals surface area contributed by atoms with Crippen molar-refractivity contribution in [2.45, 2.75) is 6.42 Å². The van der Waals surface area contributed by atoms with Gasteiger partial charge >= 0.3 is 0 Å². The van der Waals surface area contributed by atoms with E-state index in [1.54, 1.807) is 0 Å². The lowest BCUT2D eigenvalue weighted by molar-refractivity contribution is 0.742. The van der Waals surface area contributed by atoms with E-state index in [-0.39, 0.29) is 0 Å². The molecule has 0 saturated heterocycles. The number of hydrogen-bond acceptors (Lipinski definition) is 3. The van der Waals surface area contributed by atoms with Crippen molar-refractivity contribution in [2.24, 2.45) is 4.99 Å². The lowest BCUT2D eigenvalue weighted by Crippen LogP contribution is -2.30. The molecule has 1 aliphatic rings. The highest BCUT2D eigenvalue weighted by atomic mass is 79.9. The number of benzene rings is 1. The van der Waals surface area contributed by atoms with Crippen molar-refractivity contribution >= 4 is 27.5 Å². The number of hydrogen-bond donors (Lipinski definition) is 2. The van der Waals surface area contributed by atoms with Crippen LogP contribution in [0.2, 0.25) is 0 Å². The second-order valence-corrected chi connectivity index (χ2v) is 4.10. The predicted molar refractivity (Wildman–Crippen MR) is 62.6 cm³/mol. The monoisotopic (exact) mass is 253 g/mol. The molecule has 3 N–H and O–H groups in total. The van der Waals surface area contributed by atoms with Crippen LogP contribution in [0, 0.1) is 0 Å². The van der Waals surface area contributed by atoms with Crippen LogP contribution in [0.4, 0.5) is 5.69 Å². The van der Waals surface area contributed by atoms with E-state index < -0.39 is 0 Å². The molecule has 0 atom stereocenters. The molecule has 1 aromatic rings. The minimum absolute atomic E-state index is 0.762. The first-order valence-corrected chi connectivity index (χ1v) is 5.40. The smallest absolute Gasteiger partial charge is 0.129 e. The Hall–Kier alpha value is -1.03. The number of amidine groups is 1. The van der Waals surface area contributed by atoms with Gasteiger partial charge in [0.25, 0.3) is 0 Å². The molecular formula is C10H12BrN3. The Labute approximate surface area is 91.5 Å². The molecule has 3 nitrogen and oxygen atoms in total. The van der Waals surface area contributed by atoms with Crippen LogP contribution < -0.4 is 11.1 Å². The summed E-state index contributed by atoms with van der Waals surface area (Å²) in [6.45, 7) is 1.88. The molecule has 1 aromatic carbocycles. The van der Waals surface area contributed by atoms with E-state index in [0.29, 0.717) is 0 Å². The van der Waals surface area contributed by atoms with Crippen LogP contribution >= 0.6 is 15.9 Å². The van der Waals surface area contributed by atoms with E-state index in [2.05, 4.69) is 26.2 Å². The van der Waals surface area contributed by atoms with Crippen molar-refractivity contribution in [3.05, 3.63) is 28.2 Å².